The molecule has 0 aliphatic heterocycles. The van der Waals surface area contributed by atoms with Gasteiger partial charge in [-0.15, -0.1) is 0 Å². The molecular weight excluding hydrogens is 555 g/mol. The Bertz CT molecular complexity index is 1940. The van der Waals surface area contributed by atoms with E-state index in [1.165, 1.54) is 71.8 Å². The monoisotopic (exact) mass is 581 g/mol. The quantitative estimate of drug-likeness (QED) is 0.275. The Morgan fingerprint density at radius 1 is 0.769 bits per heavy atom. The van der Waals surface area contributed by atoms with Gasteiger partial charge in [0.2, 0.25) is 20.9 Å². The predicted molar refractivity (Wildman–Crippen MR) is 154 cm³/mol. The molecule has 6 aromatic rings. The van der Waals surface area contributed by atoms with Crippen LogP contribution in [0.5, 0.6) is 0 Å². The first kappa shape index (κ1) is 24.8. The number of hydrogen-bond acceptors (Lipinski definition) is 11. The molecule has 0 unspecified atom stereocenters. The average molecular weight is 582 g/mol. The molecule has 2 saturated carbocycles. The van der Waals surface area contributed by atoms with Crippen LogP contribution < -0.4 is 5.73 Å². The summed E-state index contributed by atoms with van der Waals surface area (Å²) in [4.78, 5) is 16.9. The smallest absolute Gasteiger partial charge is 0.248 e. The van der Waals surface area contributed by atoms with Crippen molar-refractivity contribution in [2.45, 2.75) is 68.6 Å². The van der Waals surface area contributed by atoms with Crippen LogP contribution in [0.3, 0.4) is 0 Å². The van der Waals surface area contributed by atoms with Gasteiger partial charge >= 0.3 is 0 Å². The van der Waals surface area contributed by atoms with Crippen LogP contribution in [-0.4, -0.2) is 52.5 Å². The number of nitrogens with two attached hydrogens (primary N) is 1. The van der Waals surface area contributed by atoms with Crippen molar-refractivity contribution in [1.82, 2.24) is 37.8 Å². The van der Waals surface area contributed by atoms with E-state index in [0.717, 1.165) is 51.4 Å². The predicted octanol–water partition coefficient (Wildman–Crippen LogP) is 5.30. The van der Waals surface area contributed by atoms with Gasteiger partial charge < -0.3 is 14.9 Å². The van der Waals surface area contributed by atoms with Gasteiger partial charge in [0.1, 0.15) is 11.3 Å². The van der Waals surface area contributed by atoms with E-state index in [1.54, 1.807) is 6.20 Å². The van der Waals surface area contributed by atoms with Crippen molar-refractivity contribution >= 4 is 81.4 Å². The maximum atomic E-state index is 11.7. The van der Waals surface area contributed by atoms with Crippen LogP contribution in [-0.2, 0) is 9.84 Å². The second-order valence-electron chi connectivity index (χ2n) is 10.3. The van der Waals surface area contributed by atoms with Crippen LogP contribution in [0.25, 0.3) is 42.5 Å². The molecule has 39 heavy (non-hydrogen) atoms. The number of rotatable bonds is 3. The van der Waals surface area contributed by atoms with Crippen molar-refractivity contribution in [3.8, 4) is 0 Å². The number of aromatic nitrogens is 8. The summed E-state index contributed by atoms with van der Waals surface area (Å²) in [6.45, 7) is 0. The van der Waals surface area contributed by atoms with Gasteiger partial charge in [-0.1, -0.05) is 25.7 Å². The standard InChI is InChI=1S/C13H14N4O2S2.C12H13N5S/c1-21(18,19)13-14-6-9-11-10(7-15-20-11)17(12(9)16-13)8-4-2-3-5-8;13-12-14-5-8-10-9(6-15-18-10)17(11(8)16-12)7-3-1-2-4-7/h6-8H,2-5H2,1H3;5-7H,1-4H2,(H2,13,14,16). The highest BCUT2D eigenvalue weighted by molar-refractivity contribution is 7.90. The number of sulfone groups is 1. The van der Waals surface area contributed by atoms with E-state index in [2.05, 4.69) is 37.8 Å². The normalized spacial score (nSPS) is 17.2. The molecule has 2 N–H and O–H groups in total. The van der Waals surface area contributed by atoms with Gasteiger partial charge in [-0.2, -0.15) is 18.7 Å². The molecule has 202 valence electrons. The zero-order valence-corrected chi connectivity index (χ0v) is 23.8. The van der Waals surface area contributed by atoms with Crippen LogP contribution >= 0.6 is 23.1 Å². The Kier molecular flexibility index (Phi) is 6.01. The molecule has 2 aliphatic rings. The van der Waals surface area contributed by atoms with Gasteiger partial charge in [-0.25, -0.2) is 18.4 Å². The van der Waals surface area contributed by atoms with Gasteiger partial charge in [0.15, 0.2) is 0 Å². The van der Waals surface area contributed by atoms with E-state index in [9.17, 15) is 8.42 Å². The van der Waals surface area contributed by atoms with E-state index in [4.69, 9.17) is 5.73 Å². The molecule has 6 aromatic heterocycles. The Morgan fingerprint density at radius 3 is 1.77 bits per heavy atom. The van der Waals surface area contributed by atoms with Gasteiger partial charge in [0, 0.05) is 30.7 Å². The summed E-state index contributed by atoms with van der Waals surface area (Å²) >= 11 is 2.92. The third kappa shape index (κ3) is 4.16. The van der Waals surface area contributed by atoms with Crippen LogP contribution in [0.15, 0.2) is 29.9 Å². The fraction of sp³-hybridized carbons (Fsp3) is 0.440. The lowest BCUT2D eigenvalue weighted by Crippen LogP contribution is -2.08. The fourth-order valence-corrected chi connectivity index (χ4v) is 8.07. The van der Waals surface area contributed by atoms with Gasteiger partial charge in [0.05, 0.1) is 43.6 Å². The zero-order valence-electron chi connectivity index (χ0n) is 21.3. The molecule has 0 bridgehead atoms. The van der Waals surface area contributed by atoms with Crippen molar-refractivity contribution in [3.05, 3.63) is 24.8 Å². The van der Waals surface area contributed by atoms with Crippen molar-refractivity contribution in [3.63, 3.8) is 0 Å². The molecule has 0 radical (unpaired) electrons. The average Bonchev–Trinajstić information content (AvgIpc) is 3.73. The first-order valence-corrected chi connectivity index (χ1v) is 16.5. The minimum Gasteiger partial charge on any atom is -0.368 e. The van der Waals surface area contributed by atoms with Crippen molar-refractivity contribution in [1.29, 1.82) is 0 Å². The lowest BCUT2D eigenvalue weighted by atomic mass is 10.2. The fourth-order valence-electron chi connectivity index (χ4n) is 6.09. The van der Waals surface area contributed by atoms with E-state index >= 15 is 0 Å². The molecular formula is C25H27N9O2S3. The summed E-state index contributed by atoms with van der Waals surface area (Å²) in [5.41, 5.74) is 9.65. The van der Waals surface area contributed by atoms with E-state index < -0.39 is 9.84 Å². The summed E-state index contributed by atoms with van der Waals surface area (Å²) < 4.78 is 38.7. The topological polar surface area (TPSA) is 147 Å². The molecule has 0 saturated heterocycles. The molecule has 2 fully saturated rings. The molecule has 0 spiro atoms. The molecule has 8 rings (SSSR count). The molecule has 0 atom stereocenters. The molecule has 0 aromatic carbocycles. The van der Waals surface area contributed by atoms with Gasteiger partial charge in [-0.05, 0) is 48.7 Å². The van der Waals surface area contributed by atoms with E-state index in [1.807, 2.05) is 18.6 Å². The first-order valence-electron chi connectivity index (χ1n) is 13.1. The number of fused-ring (bicyclic) bond motifs is 6. The molecule has 14 heteroatoms. The Morgan fingerprint density at radius 2 is 1.26 bits per heavy atom. The van der Waals surface area contributed by atoms with Crippen molar-refractivity contribution < 1.29 is 8.42 Å². The lowest BCUT2D eigenvalue weighted by molar-refractivity contribution is 0.544. The molecule has 11 nitrogen and oxygen atoms in total. The lowest BCUT2D eigenvalue weighted by Gasteiger charge is -2.13. The third-order valence-corrected chi connectivity index (χ3v) is 10.3. The maximum Gasteiger partial charge on any atom is 0.248 e. The Hall–Kier alpha value is -3.23. The molecule has 6 heterocycles. The van der Waals surface area contributed by atoms with Crippen molar-refractivity contribution in [2.75, 3.05) is 12.0 Å². The second kappa shape index (κ2) is 9.45. The van der Waals surface area contributed by atoms with Crippen LogP contribution in [0.1, 0.15) is 63.5 Å². The number of nitrogen functional groups attached to an aromatic ring is 1. The summed E-state index contributed by atoms with van der Waals surface area (Å²) in [5.74, 6) is 0.347. The third-order valence-electron chi connectivity index (χ3n) is 7.81. The summed E-state index contributed by atoms with van der Waals surface area (Å²) in [6, 6.07) is 0.916. The molecule has 2 aliphatic carbocycles. The highest BCUT2D eigenvalue weighted by Gasteiger charge is 2.26. The van der Waals surface area contributed by atoms with Crippen LogP contribution in [0.2, 0.25) is 0 Å². The summed E-state index contributed by atoms with van der Waals surface area (Å²) in [5, 5.41) is 1.87. The van der Waals surface area contributed by atoms with Gasteiger partial charge in [-0.3, -0.25) is 0 Å². The first-order chi connectivity index (χ1) is 18.9. The summed E-state index contributed by atoms with van der Waals surface area (Å²) in [7, 11) is -3.40. The number of nitrogens with zero attached hydrogens (tertiary/aromatic N) is 8. The van der Waals surface area contributed by atoms with E-state index in [-0.39, 0.29) is 5.16 Å². The van der Waals surface area contributed by atoms with Crippen molar-refractivity contribution in [2.24, 2.45) is 0 Å². The highest BCUT2D eigenvalue weighted by Crippen LogP contribution is 2.40. The number of anilines is 1. The van der Waals surface area contributed by atoms with E-state index in [0.29, 0.717) is 18.0 Å². The zero-order chi connectivity index (χ0) is 26.7. The highest BCUT2D eigenvalue weighted by atomic mass is 32.2. The minimum atomic E-state index is -3.40. The largest absolute Gasteiger partial charge is 0.368 e. The minimum absolute atomic E-state index is 0.104. The number of hydrogen-bond donors (Lipinski definition) is 1. The van der Waals surface area contributed by atoms with Gasteiger partial charge in [0.25, 0.3) is 0 Å². The Balaban J connectivity index is 0.000000131. The SMILES string of the molecule is CS(=O)(=O)c1ncc2c3sncc3n(C3CCCC3)c2n1.Nc1ncc2c3sncc3n(C3CCCC3)c2n1. The molecule has 0 amide bonds. The second-order valence-corrected chi connectivity index (χ2v) is 13.8. The maximum absolute atomic E-state index is 11.7. The van der Waals surface area contributed by atoms with Crippen LogP contribution in [0, 0.1) is 0 Å². The Labute approximate surface area is 232 Å². The summed E-state index contributed by atoms with van der Waals surface area (Å²) in [6.07, 6.45) is 18.0. The van der Waals surface area contributed by atoms with Crippen LogP contribution in [0.4, 0.5) is 5.95 Å².